The molecule has 0 aromatic heterocycles. The van der Waals surface area contributed by atoms with E-state index in [9.17, 15) is 22.4 Å². The van der Waals surface area contributed by atoms with Crippen LogP contribution in [0.3, 0.4) is 0 Å². The first kappa shape index (κ1) is 35.1. The number of rotatable bonds is 15. The first-order valence-corrected chi connectivity index (χ1v) is 16.9. The van der Waals surface area contributed by atoms with Crippen molar-refractivity contribution >= 4 is 27.5 Å². The van der Waals surface area contributed by atoms with Crippen molar-refractivity contribution < 1.29 is 31.5 Å². The molecule has 0 radical (unpaired) electrons. The van der Waals surface area contributed by atoms with Gasteiger partial charge in [-0.05, 0) is 80.4 Å². The summed E-state index contributed by atoms with van der Waals surface area (Å²) in [6.45, 7) is 4.86. The van der Waals surface area contributed by atoms with E-state index in [1.54, 1.807) is 13.0 Å². The maximum absolute atomic E-state index is 15.0. The van der Waals surface area contributed by atoms with Crippen molar-refractivity contribution in [1.82, 2.24) is 10.2 Å². The summed E-state index contributed by atoms with van der Waals surface area (Å²) in [5.41, 5.74) is 0.932. The average Bonchev–Trinajstić information content (AvgIpc) is 3.07. The fourth-order valence-electron chi connectivity index (χ4n) is 4.94. The number of benzene rings is 4. The van der Waals surface area contributed by atoms with Crippen LogP contribution in [0.25, 0.3) is 0 Å². The molecule has 8 nitrogen and oxygen atoms in total. The number of amides is 2. The van der Waals surface area contributed by atoms with Crippen LogP contribution in [-0.2, 0) is 32.6 Å². The van der Waals surface area contributed by atoms with E-state index in [0.29, 0.717) is 18.8 Å². The molecule has 2 unspecified atom stereocenters. The van der Waals surface area contributed by atoms with Crippen molar-refractivity contribution in [3.05, 3.63) is 126 Å². The molecule has 2 atom stereocenters. The van der Waals surface area contributed by atoms with Crippen LogP contribution in [0, 0.1) is 11.6 Å². The summed E-state index contributed by atoms with van der Waals surface area (Å²) >= 11 is 0. The van der Waals surface area contributed by atoms with E-state index >= 15 is 4.39 Å². The number of hydrogen-bond donors (Lipinski definition) is 1. The van der Waals surface area contributed by atoms with Crippen LogP contribution in [-0.4, -0.2) is 50.4 Å². The van der Waals surface area contributed by atoms with E-state index in [0.717, 1.165) is 22.0 Å². The number of carbonyl (C=O) groups excluding carboxylic acids is 2. The third kappa shape index (κ3) is 9.16. The molecule has 0 aliphatic rings. The zero-order chi connectivity index (χ0) is 34.0. The highest BCUT2D eigenvalue weighted by Gasteiger charge is 2.35. The number of nitrogens with one attached hydrogen (secondary N) is 1. The van der Waals surface area contributed by atoms with Crippen molar-refractivity contribution in [3.63, 3.8) is 0 Å². The lowest BCUT2D eigenvalue weighted by Crippen LogP contribution is -2.54. The van der Waals surface area contributed by atoms with Gasteiger partial charge in [-0.25, -0.2) is 17.2 Å². The van der Waals surface area contributed by atoms with Gasteiger partial charge in [-0.3, -0.25) is 13.9 Å². The van der Waals surface area contributed by atoms with Crippen LogP contribution in [0.5, 0.6) is 5.75 Å². The van der Waals surface area contributed by atoms with Gasteiger partial charge < -0.3 is 15.0 Å². The first-order valence-electron chi connectivity index (χ1n) is 15.4. The summed E-state index contributed by atoms with van der Waals surface area (Å²) in [4.78, 5) is 29.4. The number of nitrogens with zero attached hydrogens (tertiary/aromatic N) is 2. The van der Waals surface area contributed by atoms with Crippen LogP contribution in [0.2, 0.25) is 0 Å². The zero-order valence-corrected chi connectivity index (χ0v) is 27.4. The van der Waals surface area contributed by atoms with Gasteiger partial charge in [-0.1, -0.05) is 55.5 Å². The Bertz CT molecular complexity index is 1740. The Morgan fingerprint density at radius 2 is 1.49 bits per heavy atom. The second kappa shape index (κ2) is 16.2. The normalized spacial score (nSPS) is 12.5. The predicted molar refractivity (Wildman–Crippen MR) is 177 cm³/mol. The molecular weight excluding hydrogens is 624 g/mol. The molecule has 0 saturated heterocycles. The Kier molecular flexibility index (Phi) is 12.1. The smallest absolute Gasteiger partial charge is 0.264 e. The zero-order valence-electron chi connectivity index (χ0n) is 26.6. The third-order valence-electron chi connectivity index (χ3n) is 7.69. The number of hydrogen-bond acceptors (Lipinski definition) is 5. The molecule has 4 aromatic carbocycles. The number of carbonyl (C=O) groups is 2. The van der Waals surface area contributed by atoms with E-state index < -0.39 is 46.1 Å². The third-order valence-corrected chi connectivity index (χ3v) is 9.47. The number of sulfonamides is 1. The lowest BCUT2D eigenvalue weighted by molar-refractivity contribution is -0.140. The molecule has 0 aliphatic heterocycles. The average molecular weight is 664 g/mol. The molecule has 1 N–H and O–H groups in total. The lowest BCUT2D eigenvalue weighted by atomic mass is 10.0. The summed E-state index contributed by atoms with van der Waals surface area (Å²) in [6.07, 6.45) is 0.717. The Balaban J connectivity index is 1.80. The van der Waals surface area contributed by atoms with Gasteiger partial charge in [0.05, 0.1) is 17.2 Å². The molecule has 4 aromatic rings. The molecule has 2 amide bonds. The van der Waals surface area contributed by atoms with Crippen LogP contribution < -0.4 is 14.4 Å². The topological polar surface area (TPSA) is 96.0 Å². The Morgan fingerprint density at radius 1 is 0.851 bits per heavy atom. The van der Waals surface area contributed by atoms with Crippen molar-refractivity contribution in [2.45, 2.75) is 57.1 Å². The summed E-state index contributed by atoms with van der Waals surface area (Å²) in [5, 5.41) is 2.94. The summed E-state index contributed by atoms with van der Waals surface area (Å²) in [6, 6.07) is 24.0. The highest BCUT2D eigenvalue weighted by atomic mass is 32.2. The largest absolute Gasteiger partial charge is 0.494 e. The predicted octanol–water partition coefficient (Wildman–Crippen LogP) is 6.11. The van der Waals surface area contributed by atoms with Gasteiger partial charge in [0.25, 0.3) is 10.0 Å². The van der Waals surface area contributed by atoms with Gasteiger partial charge in [-0.15, -0.1) is 0 Å². The second-order valence-electron chi connectivity index (χ2n) is 11.0. The van der Waals surface area contributed by atoms with Gasteiger partial charge in [-0.2, -0.15) is 0 Å². The van der Waals surface area contributed by atoms with Crippen LogP contribution in [0.15, 0.2) is 108 Å². The van der Waals surface area contributed by atoms with Crippen molar-refractivity contribution in [2.24, 2.45) is 0 Å². The Hall–Kier alpha value is -4.77. The van der Waals surface area contributed by atoms with E-state index in [1.807, 2.05) is 44.2 Å². The van der Waals surface area contributed by atoms with Crippen LogP contribution >= 0.6 is 0 Å². The second-order valence-corrected chi connectivity index (χ2v) is 12.9. The van der Waals surface area contributed by atoms with E-state index in [1.165, 1.54) is 59.5 Å². The quantitative estimate of drug-likeness (QED) is 0.166. The van der Waals surface area contributed by atoms with Gasteiger partial charge in [0.2, 0.25) is 11.8 Å². The number of ether oxygens (including phenoxy) is 1. The van der Waals surface area contributed by atoms with Gasteiger partial charge >= 0.3 is 0 Å². The highest BCUT2D eigenvalue weighted by molar-refractivity contribution is 7.92. The van der Waals surface area contributed by atoms with Crippen molar-refractivity contribution in [3.8, 4) is 5.75 Å². The molecule has 0 heterocycles. The minimum Gasteiger partial charge on any atom is -0.494 e. The van der Waals surface area contributed by atoms with E-state index in [4.69, 9.17) is 4.74 Å². The van der Waals surface area contributed by atoms with E-state index in [2.05, 4.69) is 5.32 Å². The van der Waals surface area contributed by atoms with Gasteiger partial charge in [0.15, 0.2) is 0 Å². The summed E-state index contributed by atoms with van der Waals surface area (Å²) < 4.78 is 63.5. The maximum atomic E-state index is 15.0. The molecule has 0 spiro atoms. The molecule has 47 heavy (non-hydrogen) atoms. The Labute approximate surface area is 275 Å². The molecular formula is C36H39F2N3O5S. The first-order chi connectivity index (χ1) is 22.5. The minimum atomic E-state index is -4.40. The fraction of sp³-hybridized carbons (Fsp3) is 0.278. The molecule has 248 valence electrons. The molecule has 0 fully saturated rings. The Morgan fingerprint density at radius 3 is 2.11 bits per heavy atom. The van der Waals surface area contributed by atoms with Crippen molar-refractivity contribution in [1.29, 1.82) is 0 Å². The molecule has 0 bridgehead atoms. The van der Waals surface area contributed by atoms with Crippen LogP contribution in [0.1, 0.15) is 38.3 Å². The standard InChI is InChI=1S/C36H39F2N3O5S/c1-4-26(3)39-36(43)34(23-27-11-7-6-8-12-27)40(24-28-13-9-10-14-33(28)38)35(42)25-41(30-17-15-29(37)16-18-30)47(44,45)32-21-19-31(20-22-32)46-5-2/h6-22,26,34H,4-5,23-25H2,1-3H3,(H,39,43). The number of anilines is 1. The van der Waals surface area contributed by atoms with Crippen LogP contribution in [0.4, 0.5) is 14.5 Å². The summed E-state index contributed by atoms with van der Waals surface area (Å²) in [5.74, 6) is -1.93. The number of halogens is 2. The SMILES string of the molecule is CCOc1ccc(S(=O)(=O)N(CC(=O)N(Cc2ccccc2F)C(Cc2ccccc2)C(=O)NC(C)CC)c2ccc(F)cc2)cc1. The fourth-order valence-corrected chi connectivity index (χ4v) is 6.36. The lowest BCUT2D eigenvalue weighted by Gasteiger charge is -2.34. The maximum Gasteiger partial charge on any atom is 0.264 e. The molecule has 11 heteroatoms. The monoisotopic (exact) mass is 663 g/mol. The van der Waals surface area contributed by atoms with E-state index in [-0.39, 0.29) is 35.2 Å². The molecule has 0 saturated carbocycles. The minimum absolute atomic E-state index is 0.0307. The summed E-state index contributed by atoms with van der Waals surface area (Å²) in [7, 11) is -4.40. The molecule has 4 rings (SSSR count). The molecule has 0 aliphatic carbocycles. The highest BCUT2D eigenvalue weighted by Crippen LogP contribution is 2.27. The van der Waals surface area contributed by atoms with Gasteiger partial charge in [0.1, 0.15) is 30.0 Å². The van der Waals surface area contributed by atoms with Crippen molar-refractivity contribution in [2.75, 3.05) is 17.5 Å². The van der Waals surface area contributed by atoms with Gasteiger partial charge in [0, 0.05) is 24.6 Å².